The molecule has 1 aliphatic carbocycles. The maximum atomic E-state index is 13.1. The predicted molar refractivity (Wildman–Crippen MR) is 104 cm³/mol. The van der Waals surface area contributed by atoms with E-state index >= 15 is 0 Å². The van der Waals surface area contributed by atoms with Gasteiger partial charge in [-0.2, -0.15) is 13.2 Å². The Hall–Kier alpha value is -3.10. The second kappa shape index (κ2) is 7.86. The fourth-order valence-corrected chi connectivity index (χ4v) is 3.49. The largest absolute Gasteiger partial charge is 0.491 e. The summed E-state index contributed by atoms with van der Waals surface area (Å²) in [5.74, 6) is -2.25. The Balaban J connectivity index is 1.76. The Labute approximate surface area is 175 Å². The van der Waals surface area contributed by atoms with E-state index in [1.807, 2.05) is 11.5 Å². The number of pyridine rings is 1. The number of aryl methyl sites for hydroxylation is 1. The van der Waals surface area contributed by atoms with Crippen LogP contribution in [0.15, 0.2) is 30.5 Å². The summed E-state index contributed by atoms with van der Waals surface area (Å²) in [7, 11) is 0. The van der Waals surface area contributed by atoms with Crippen molar-refractivity contribution in [1.29, 1.82) is 0 Å². The van der Waals surface area contributed by atoms with Crippen molar-refractivity contribution < 1.29 is 31.8 Å². The highest BCUT2D eigenvalue weighted by atomic mass is 19.4. The van der Waals surface area contributed by atoms with Gasteiger partial charge in [0.15, 0.2) is 5.75 Å². The molecule has 4 rings (SSSR count). The van der Waals surface area contributed by atoms with Gasteiger partial charge in [0.1, 0.15) is 17.9 Å². The summed E-state index contributed by atoms with van der Waals surface area (Å²) in [6.07, 6.45) is -1.91. The lowest BCUT2D eigenvalue weighted by atomic mass is 10.2. The molecule has 0 radical (unpaired) electrons. The molecule has 1 saturated carbocycles. The van der Waals surface area contributed by atoms with Crippen LogP contribution >= 0.6 is 0 Å². The van der Waals surface area contributed by atoms with Gasteiger partial charge in [-0.1, -0.05) is 12.1 Å². The molecular formula is C22H20F4N2O3. The van der Waals surface area contributed by atoms with E-state index in [1.165, 1.54) is 12.1 Å². The first-order valence-electron chi connectivity index (χ1n) is 9.79. The van der Waals surface area contributed by atoms with Gasteiger partial charge in [-0.05, 0) is 55.9 Å². The van der Waals surface area contributed by atoms with Crippen LogP contribution in [-0.4, -0.2) is 21.7 Å². The Morgan fingerprint density at radius 2 is 1.87 bits per heavy atom. The van der Waals surface area contributed by atoms with Crippen molar-refractivity contribution >= 4 is 16.9 Å². The number of carbonyl (C=O) groups is 1. The number of aromatic nitrogens is 2. The lowest BCUT2D eigenvalue weighted by molar-refractivity contribution is -0.189. The summed E-state index contributed by atoms with van der Waals surface area (Å²) in [5.41, 5.74) is 2.72. The quantitative estimate of drug-likeness (QED) is 0.391. The molecule has 0 amide bonds. The van der Waals surface area contributed by atoms with Gasteiger partial charge in [0.05, 0.1) is 11.6 Å². The van der Waals surface area contributed by atoms with Crippen LogP contribution in [0.4, 0.5) is 17.6 Å². The number of carbonyl (C=O) groups excluding carboxylic acids is 1. The molecule has 5 nitrogen and oxygen atoms in total. The minimum Gasteiger partial charge on any atom is -0.471 e. The van der Waals surface area contributed by atoms with Gasteiger partial charge in [-0.3, -0.25) is 0 Å². The van der Waals surface area contributed by atoms with Crippen molar-refractivity contribution in [3.63, 3.8) is 0 Å². The van der Waals surface area contributed by atoms with Crippen LogP contribution in [0, 0.1) is 25.6 Å². The molecule has 9 heteroatoms. The number of nitrogens with zero attached hydrogens (tertiary/aromatic N) is 2. The van der Waals surface area contributed by atoms with Crippen molar-refractivity contribution in [1.82, 2.24) is 9.55 Å². The Morgan fingerprint density at radius 1 is 1.19 bits per heavy atom. The molecule has 0 atom stereocenters. The monoisotopic (exact) mass is 436 g/mol. The second-order valence-corrected chi connectivity index (χ2v) is 7.72. The molecule has 0 saturated heterocycles. The number of esters is 1. The molecule has 1 aliphatic rings. The minimum absolute atomic E-state index is 0.0940. The summed E-state index contributed by atoms with van der Waals surface area (Å²) in [5, 5.41) is 0.361. The van der Waals surface area contributed by atoms with Gasteiger partial charge >= 0.3 is 12.1 Å². The van der Waals surface area contributed by atoms with E-state index in [1.54, 1.807) is 19.1 Å². The Morgan fingerprint density at radius 3 is 2.48 bits per heavy atom. The summed E-state index contributed by atoms with van der Waals surface area (Å²) in [6.45, 7) is 4.38. The van der Waals surface area contributed by atoms with Gasteiger partial charge in [0.25, 0.3) is 0 Å². The number of hydrogen-bond donors (Lipinski definition) is 0. The lowest BCUT2D eigenvalue weighted by Gasteiger charge is -2.13. The SMILES string of the molecule is Cc1c(C)n(CC2CC2)c2c(OCc3ccc(F)cc3)ncc(OC(=O)C(F)(F)F)c12. The van der Waals surface area contributed by atoms with Crippen LogP contribution in [0.3, 0.4) is 0 Å². The van der Waals surface area contributed by atoms with E-state index in [4.69, 9.17) is 4.74 Å². The first-order chi connectivity index (χ1) is 14.6. The number of hydrogen-bond acceptors (Lipinski definition) is 4. The first-order valence-corrected chi connectivity index (χ1v) is 9.79. The zero-order valence-electron chi connectivity index (χ0n) is 16.9. The van der Waals surface area contributed by atoms with Gasteiger partial charge in [-0.15, -0.1) is 0 Å². The van der Waals surface area contributed by atoms with E-state index in [-0.39, 0.29) is 24.1 Å². The molecule has 2 aromatic heterocycles. The molecular weight excluding hydrogens is 416 g/mol. The molecule has 0 unspecified atom stereocenters. The van der Waals surface area contributed by atoms with Crippen molar-refractivity contribution in [2.24, 2.45) is 5.92 Å². The second-order valence-electron chi connectivity index (χ2n) is 7.72. The lowest BCUT2D eigenvalue weighted by Crippen LogP contribution is -2.28. The normalized spacial score (nSPS) is 14.1. The maximum Gasteiger partial charge on any atom is 0.491 e. The topological polar surface area (TPSA) is 53.4 Å². The zero-order valence-corrected chi connectivity index (χ0v) is 16.9. The molecule has 164 valence electrons. The van der Waals surface area contributed by atoms with Gasteiger partial charge in [0.2, 0.25) is 5.88 Å². The number of fused-ring (bicyclic) bond motifs is 1. The number of rotatable bonds is 6. The molecule has 1 fully saturated rings. The third-order valence-electron chi connectivity index (χ3n) is 5.44. The highest BCUT2D eigenvalue weighted by Crippen LogP contribution is 2.41. The molecule has 0 N–H and O–H groups in total. The number of halogens is 4. The van der Waals surface area contributed by atoms with E-state index in [9.17, 15) is 22.4 Å². The zero-order chi connectivity index (χ0) is 22.3. The average Bonchev–Trinajstić information content (AvgIpc) is 3.50. The van der Waals surface area contributed by atoms with Crippen molar-refractivity contribution in [2.45, 2.75) is 46.0 Å². The maximum absolute atomic E-state index is 13.1. The molecule has 0 spiro atoms. The molecule has 2 heterocycles. The summed E-state index contributed by atoms with van der Waals surface area (Å²) < 4.78 is 63.9. The summed E-state index contributed by atoms with van der Waals surface area (Å²) in [6, 6.07) is 5.77. The van der Waals surface area contributed by atoms with Gasteiger partial charge in [0, 0.05) is 12.2 Å². The van der Waals surface area contributed by atoms with Crippen LogP contribution in [0.25, 0.3) is 10.9 Å². The van der Waals surface area contributed by atoms with E-state index < -0.39 is 12.1 Å². The minimum atomic E-state index is -5.12. The fourth-order valence-electron chi connectivity index (χ4n) is 3.49. The van der Waals surface area contributed by atoms with Crippen LogP contribution in [-0.2, 0) is 17.9 Å². The fraction of sp³-hybridized carbons (Fsp3) is 0.364. The van der Waals surface area contributed by atoms with Gasteiger partial charge in [-0.25, -0.2) is 14.2 Å². The molecule has 31 heavy (non-hydrogen) atoms. The third kappa shape index (κ3) is 4.35. The van der Waals surface area contributed by atoms with Gasteiger partial charge < -0.3 is 14.0 Å². The van der Waals surface area contributed by atoms with Crippen LogP contribution in [0.2, 0.25) is 0 Å². The predicted octanol–water partition coefficient (Wildman–Crippen LogP) is 5.25. The molecule has 3 aromatic rings. The highest BCUT2D eigenvalue weighted by Gasteiger charge is 2.42. The highest BCUT2D eigenvalue weighted by molar-refractivity contribution is 5.95. The van der Waals surface area contributed by atoms with E-state index in [2.05, 4.69) is 9.72 Å². The van der Waals surface area contributed by atoms with Crippen LogP contribution < -0.4 is 9.47 Å². The Kier molecular flexibility index (Phi) is 5.36. The summed E-state index contributed by atoms with van der Waals surface area (Å²) >= 11 is 0. The van der Waals surface area contributed by atoms with Crippen molar-refractivity contribution in [2.75, 3.05) is 0 Å². The molecule has 0 bridgehead atoms. The van der Waals surface area contributed by atoms with Crippen molar-refractivity contribution in [3.05, 3.63) is 53.1 Å². The number of benzene rings is 1. The van der Waals surface area contributed by atoms with Crippen molar-refractivity contribution in [3.8, 4) is 11.6 Å². The van der Waals surface area contributed by atoms with Crippen LogP contribution in [0.5, 0.6) is 11.6 Å². The Bertz CT molecular complexity index is 1130. The third-order valence-corrected chi connectivity index (χ3v) is 5.44. The smallest absolute Gasteiger partial charge is 0.471 e. The van der Waals surface area contributed by atoms with Crippen LogP contribution in [0.1, 0.15) is 29.7 Å². The standard InChI is InChI=1S/C22H20F4N2O3/c1-12-13(2)28(10-14-3-4-14)19-18(12)17(31-21(29)22(24,25)26)9-27-20(19)30-11-15-5-7-16(23)8-6-15/h5-9,14H,3-4,10-11H2,1-2H3. The summed E-state index contributed by atoms with van der Waals surface area (Å²) in [4.78, 5) is 15.6. The number of ether oxygens (including phenoxy) is 2. The van der Waals surface area contributed by atoms with E-state index in [0.29, 0.717) is 34.5 Å². The first kappa shape index (κ1) is 21.1. The molecule has 0 aliphatic heterocycles. The average molecular weight is 436 g/mol. The molecule has 1 aromatic carbocycles. The number of alkyl halides is 3. The van der Waals surface area contributed by atoms with E-state index in [0.717, 1.165) is 24.7 Å².